The maximum Gasteiger partial charge on any atom is 0.0634 e. The second-order valence-electron chi connectivity index (χ2n) is 4.74. The summed E-state index contributed by atoms with van der Waals surface area (Å²) in [6.07, 6.45) is 6.10. The van der Waals surface area contributed by atoms with Gasteiger partial charge in [0.25, 0.3) is 0 Å². The third kappa shape index (κ3) is 5.84. The maximum atomic E-state index is 6.12. The predicted octanol–water partition coefficient (Wildman–Crippen LogP) is 3.01. The molecule has 0 amide bonds. The van der Waals surface area contributed by atoms with E-state index in [4.69, 9.17) is 11.6 Å². The topological polar surface area (TPSA) is 28.2 Å². The summed E-state index contributed by atoms with van der Waals surface area (Å²) in [5.41, 5.74) is 1.19. The molecule has 0 radical (unpaired) electrons. The van der Waals surface area contributed by atoms with Crippen molar-refractivity contribution < 1.29 is 0 Å². The minimum Gasteiger partial charge on any atom is -0.319 e. The molecular formula is C13H22Cl3N3. The number of halogens is 3. The van der Waals surface area contributed by atoms with Gasteiger partial charge in [-0.25, -0.2) is 0 Å². The Labute approximate surface area is 132 Å². The molecule has 0 saturated carbocycles. The molecule has 1 aliphatic rings. The first-order valence-corrected chi connectivity index (χ1v) is 6.62. The van der Waals surface area contributed by atoms with E-state index in [-0.39, 0.29) is 24.8 Å². The van der Waals surface area contributed by atoms with Gasteiger partial charge in [-0.15, -0.1) is 24.8 Å². The molecule has 0 bridgehead atoms. The smallest absolute Gasteiger partial charge is 0.0634 e. The summed E-state index contributed by atoms with van der Waals surface area (Å²) >= 11 is 6.12. The molecule has 110 valence electrons. The van der Waals surface area contributed by atoms with Gasteiger partial charge in [-0.3, -0.25) is 9.88 Å². The third-order valence-electron chi connectivity index (χ3n) is 3.45. The highest BCUT2D eigenvalue weighted by molar-refractivity contribution is 6.31. The summed E-state index contributed by atoms with van der Waals surface area (Å²) < 4.78 is 0. The van der Waals surface area contributed by atoms with E-state index in [2.05, 4.69) is 15.2 Å². The van der Waals surface area contributed by atoms with Crippen LogP contribution in [0.5, 0.6) is 0 Å². The molecule has 1 N–H and O–H groups in total. The lowest BCUT2D eigenvalue weighted by molar-refractivity contribution is 0.177. The molecule has 1 fully saturated rings. The van der Waals surface area contributed by atoms with Gasteiger partial charge in [0.1, 0.15) is 0 Å². The van der Waals surface area contributed by atoms with E-state index >= 15 is 0 Å². The average Bonchev–Trinajstić information content (AvgIpc) is 2.35. The molecule has 3 nitrogen and oxygen atoms in total. The fraction of sp³-hybridized carbons (Fsp3) is 0.615. The molecule has 1 aliphatic heterocycles. The van der Waals surface area contributed by atoms with Crippen LogP contribution in [-0.4, -0.2) is 36.6 Å². The van der Waals surface area contributed by atoms with E-state index in [0.717, 1.165) is 24.0 Å². The summed E-state index contributed by atoms with van der Waals surface area (Å²) in [5.74, 6) is 0.837. The van der Waals surface area contributed by atoms with E-state index in [0.29, 0.717) is 0 Å². The fourth-order valence-electron chi connectivity index (χ4n) is 2.41. The number of piperidine rings is 1. The Bertz CT molecular complexity index is 355. The van der Waals surface area contributed by atoms with Crippen molar-refractivity contribution in [2.45, 2.75) is 19.4 Å². The summed E-state index contributed by atoms with van der Waals surface area (Å²) in [6, 6.07) is 2.02. The molecule has 0 aromatic carbocycles. The average molecular weight is 327 g/mol. The number of nitrogens with one attached hydrogen (secondary N) is 1. The van der Waals surface area contributed by atoms with E-state index in [1.165, 1.54) is 31.5 Å². The number of aromatic nitrogens is 1. The number of rotatable bonds is 4. The van der Waals surface area contributed by atoms with Gasteiger partial charge in [-0.2, -0.15) is 0 Å². The Kier molecular flexibility index (Phi) is 9.75. The number of likely N-dealkylation sites (tertiary alicyclic amines) is 1. The first-order valence-electron chi connectivity index (χ1n) is 6.25. The van der Waals surface area contributed by atoms with Crippen molar-refractivity contribution in [3.63, 3.8) is 0 Å². The van der Waals surface area contributed by atoms with Crippen molar-refractivity contribution in [3.8, 4) is 0 Å². The van der Waals surface area contributed by atoms with Gasteiger partial charge in [0.15, 0.2) is 0 Å². The number of pyridine rings is 1. The highest BCUT2D eigenvalue weighted by atomic mass is 35.5. The van der Waals surface area contributed by atoms with Crippen LogP contribution in [0.1, 0.15) is 18.4 Å². The van der Waals surface area contributed by atoms with Gasteiger partial charge < -0.3 is 5.32 Å². The standard InChI is InChI=1S/C13H20ClN3.2ClH/c1-15-8-11-3-6-17(7-4-11)10-12-2-5-16-9-13(12)14;;/h2,5,9,11,15H,3-4,6-8,10H2,1H3;2*1H. The Morgan fingerprint density at radius 2 is 2.05 bits per heavy atom. The Morgan fingerprint density at radius 1 is 1.37 bits per heavy atom. The zero-order valence-electron chi connectivity index (χ0n) is 11.1. The van der Waals surface area contributed by atoms with E-state index in [1.54, 1.807) is 6.20 Å². The van der Waals surface area contributed by atoms with Crippen LogP contribution in [0.4, 0.5) is 0 Å². The van der Waals surface area contributed by atoms with Crippen molar-refractivity contribution in [1.29, 1.82) is 0 Å². The Morgan fingerprint density at radius 3 is 2.63 bits per heavy atom. The van der Waals surface area contributed by atoms with Gasteiger partial charge in [0, 0.05) is 18.9 Å². The molecule has 2 rings (SSSR count). The zero-order chi connectivity index (χ0) is 12.1. The van der Waals surface area contributed by atoms with Crippen molar-refractivity contribution in [3.05, 3.63) is 29.0 Å². The summed E-state index contributed by atoms with van der Waals surface area (Å²) in [4.78, 5) is 6.50. The number of hydrogen-bond donors (Lipinski definition) is 1. The molecule has 0 atom stereocenters. The van der Waals surface area contributed by atoms with Gasteiger partial charge in [0.2, 0.25) is 0 Å². The summed E-state index contributed by atoms with van der Waals surface area (Å²) in [7, 11) is 2.03. The van der Waals surface area contributed by atoms with Crippen LogP contribution in [0.25, 0.3) is 0 Å². The second-order valence-corrected chi connectivity index (χ2v) is 5.15. The Hall–Kier alpha value is -0.0600. The van der Waals surface area contributed by atoms with Crippen molar-refractivity contribution >= 4 is 36.4 Å². The molecule has 0 spiro atoms. The first-order chi connectivity index (χ1) is 8.29. The van der Waals surface area contributed by atoms with Crippen LogP contribution in [0.3, 0.4) is 0 Å². The Balaban J connectivity index is 0.00000162. The third-order valence-corrected chi connectivity index (χ3v) is 3.79. The van der Waals surface area contributed by atoms with Gasteiger partial charge in [-0.05, 0) is 57.1 Å². The maximum absolute atomic E-state index is 6.12. The van der Waals surface area contributed by atoms with Gasteiger partial charge >= 0.3 is 0 Å². The van der Waals surface area contributed by atoms with E-state index in [1.807, 2.05) is 19.3 Å². The van der Waals surface area contributed by atoms with Crippen molar-refractivity contribution in [2.75, 3.05) is 26.7 Å². The minimum atomic E-state index is 0. The predicted molar refractivity (Wildman–Crippen MR) is 85.7 cm³/mol. The molecule has 1 aromatic rings. The molecule has 2 heterocycles. The van der Waals surface area contributed by atoms with Crippen LogP contribution >= 0.6 is 36.4 Å². The lowest BCUT2D eigenvalue weighted by Gasteiger charge is -2.32. The molecule has 0 aliphatic carbocycles. The lowest BCUT2D eigenvalue weighted by Crippen LogP contribution is -2.36. The molecule has 1 aromatic heterocycles. The monoisotopic (exact) mass is 325 g/mol. The number of hydrogen-bond acceptors (Lipinski definition) is 3. The minimum absolute atomic E-state index is 0. The van der Waals surface area contributed by atoms with Gasteiger partial charge in [0.05, 0.1) is 5.02 Å². The van der Waals surface area contributed by atoms with Crippen LogP contribution in [0.15, 0.2) is 18.5 Å². The molecule has 1 saturated heterocycles. The van der Waals surface area contributed by atoms with E-state index < -0.39 is 0 Å². The van der Waals surface area contributed by atoms with Crippen LogP contribution in [0, 0.1) is 5.92 Å². The zero-order valence-corrected chi connectivity index (χ0v) is 13.5. The fourth-order valence-corrected chi connectivity index (χ4v) is 2.59. The largest absolute Gasteiger partial charge is 0.319 e. The van der Waals surface area contributed by atoms with Crippen molar-refractivity contribution in [2.24, 2.45) is 5.92 Å². The summed E-state index contributed by atoms with van der Waals surface area (Å²) in [6.45, 7) is 4.44. The highest BCUT2D eigenvalue weighted by Crippen LogP contribution is 2.21. The van der Waals surface area contributed by atoms with E-state index in [9.17, 15) is 0 Å². The molecule has 19 heavy (non-hydrogen) atoms. The molecule has 6 heteroatoms. The van der Waals surface area contributed by atoms with Crippen LogP contribution in [0.2, 0.25) is 5.02 Å². The van der Waals surface area contributed by atoms with Gasteiger partial charge in [-0.1, -0.05) is 11.6 Å². The quantitative estimate of drug-likeness (QED) is 0.922. The summed E-state index contributed by atoms with van der Waals surface area (Å²) in [5, 5.41) is 4.05. The van der Waals surface area contributed by atoms with Crippen molar-refractivity contribution in [1.82, 2.24) is 15.2 Å². The normalized spacial score (nSPS) is 16.5. The van der Waals surface area contributed by atoms with Crippen LogP contribution < -0.4 is 5.32 Å². The molecule has 0 unspecified atom stereocenters. The molecular weight excluding hydrogens is 305 g/mol. The van der Waals surface area contributed by atoms with Crippen LogP contribution in [-0.2, 0) is 6.54 Å². The lowest BCUT2D eigenvalue weighted by atomic mass is 9.96. The number of nitrogens with zero attached hydrogens (tertiary/aromatic N) is 2. The highest BCUT2D eigenvalue weighted by Gasteiger charge is 2.18. The second kappa shape index (κ2) is 9.78. The SMILES string of the molecule is CNCC1CCN(Cc2ccncc2Cl)CC1.Cl.Cl. The first kappa shape index (κ1) is 18.9.